The lowest BCUT2D eigenvalue weighted by molar-refractivity contribution is 0.256. The average molecular weight is 281 g/mol. The van der Waals surface area contributed by atoms with E-state index in [0.717, 1.165) is 51.3 Å². The molecule has 0 aromatic heterocycles. The molecule has 1 aromatic carbocycles. The Kier molecular flexibility index (Phi) is 5.10. The minimum atomic E-state index is -0.180. The molecule has 19 heavy (non-hydrogen) atoms. The van der Waals surface area contributed by atoms with E-state index in [1.54, 1.807) is 0 Å². The first-order valence-corrected chi connectivity index (χ1v) is 7.07. The van der Waals surface area contributed by atoms with Crippen molar-refractivity contribution in [1.29, 1.82) is 0 Å². The van der Waals surface area contributed by atoms with Gasteiger partial charge in [0.05, 0.1) is 4.99 Å². The maximum absolute atomic E-state index is 12.9. The van der Waals surface area contributed by atoms with Crippen LogP contribution in [0.25, 0.3) is 0 Å². The van der Waals surface area contributed by atoms with Crippen molar-refractivity contribution >= 4 is 22.9 Å². The summed E-state index contributed by atoms with van der Waals surface area (Å²) in [7, 11) is 0. The summed E-state index contributed by atoms with van der Waals surface area (Å²) < 4.78 is 12.9. The summed E-state index contributed by atoms with van der Waals surface area (Å²) in [5.74, 6) is -0.180. The quantitative estimate of drug-likeness (QED) is 0.837. The Morgan fingerprint density at radius 1 is 1.16 bits per heavy atom. The monoisotopic (exact) mass is 281 g/mol. The summed E-state index contributed by atoms with van der Waals surface area (Å²) in [4.78, 5) is 5.33. The van der Waals surface area contributed by atoms with Gasteiger partial charge in [-0.15, -0.1) is 0 Å². The number of hydrogen-bond acceptors (Lipinski definition) is 3. The van der Waals surface area contributed by atoms with Crippen LogP contribution in [-0.4, -0.2) is 42.6 Å². The van der Waals surface area contributed by atoms with Crippen molar-refractivity contribution in [3.8, 4) is 0 Å². The van der Waals surface area contributed by atoms with E-state index in [2.05, 4.69) is 9.80 Å². The largest absolute Gasteiger partial charge is 0.393 e. The number of benzene rings is 1. The zero-order valence-corrected chi connectivity index (χ0v) is 11.8. The molecule has 0 atom stereocenters. The number of nitrogens with zero attached hydrogens (tertiary/aromatic N) is 2. The van der Waals surface area contributed by atoms with Crippen LogP contribution in [0, 0.1) is 5.82 Å². The molecule has 1 aliphatic rings. The number of hydrogen-bond donors (Lipinski definition) is 1. The molecule has 0 bridgehead atoms. The van der Waals surface area contributed by atoms with Crippen LogP contribution < -0.4 is 10.6 Å². The zero-order chi connectivity index (χ0) is 13.7. The number of rotatable bonds is 5. The third-order valence-electron chi connectivity index (χ3n) is 3.46. The predicted molar refractivity (Wildman–Crippen MR) is 81.1 cm³/mol. The Morgan fingerprint density at radius 2 is 1.79 bits per heavy atom. The Hall–Kier alpha value is -1.20. The molecular formula is C14H20FN3S. The molecule has 1 fully saturated rings. The summed E-state index contributed by atoms with van der Waals surface area (Å²) in [6.45, 7) is 5.09. The van der Waals surface area contributed by atoms with E-state index < -0.39 is 0 Å². The van der Waals surface area contributed by atoms with Gasteiger partial charge in [-0.25, -0.2) is 4.39 Å². The second-order valence-electron chi connectivity index (χ2n) is 4.87. The number of nitrogens with two attached hydrogens (primary N) is 1. The number of halogens is 1. The first-order chi connectivity index (χ1) is 9.15. The van der Waals surface area contributed by atoms with Crippen molar-refractivity contribution in [2.75, 3.05) is 37.6 Å². The molecule has 3 nitrogen and oxygen atoms in total. The normalized spacial score (nSPS) is 16.6. The summed E-state index contributed by atoms with van der Waals surface area (Å²) in [6.07, 6.45) is 1.86. The third-order valence-corrected chi connectivity index (χ3v) is 3.67. The smallest absolute Gasteiger partial charge is 0.123 e. The van der Waals surface area contributed by atoms with Crippen LogP contribution in [0.1, 0.15) is 12.8 Å². The highest BCUT2D eigenvalue weighted by molar-refractivity contribution is 7.80. The van der Waals surface area contributed by atoms with E-state index in [9.17, 15) is 4.39 Å². The molecule has 5 heteroatoms. The predicted octanol–water partition coefficient (Wildman–Crippen LogP) is 2.01. The van der Waals surface area contributed by atoms with Gasteiger partial charge in [-0.05, 0) is 43.7 Å². The molecule has 1 heterocycles. The van der Waals surface area contributed by atoms with Gasteiger partial charge < -0.3 is 10.6 Å². The lowest BCUT2D eigenvalue weighted by Gasteiger charge is -2.36. The second kappa shape index (κ2) is 6.82. The van der Waals surface area contributed by atoms with Crippen molar-refractivity contribution in [3.63, 3.8) is 0 Å². The van der Waals surface area contributed by atoms with Crippen LogP contribution in [0.3, 0.4) is 0 Å². The summed E-state index contributed by atoms with van der Waals surface area (Å²) >= 11 is 4.88. The van der Waals surface area contributed by atoms with Crippen LogP contribution in [-0.2, 0) is 0 Å². The summed E-state index contributed by atoms with van der Waals surface area (Å²) in [5, 5.41) is 0. The SMILES string of the molecule is NC(=S)CCCN1CCN(c2ccc(F)cc2)CC1. The topological polar surface area (TPSA) is 32.5 Å². The fourth-order valence-corrected chi connectivity index (χ4v) is 2.50. The average Bonchev–Trinajstić information content (AvgIpc) is 2.40. The molecule has 2 rings (SSSR count). The highest BCUT2D eigenvalue weighted by Gasteiger charge is 2.16. The van der Waals surface area contributed by atoms with E-state index in [1.807, 2.05) is 12.1 Å². The Balaban J connectivity index is 1.76. The molecule has 2 N–H and O–H groups in total. The van der Waals surface area contributed by atoms with Gasteiger partial charge in [0.15, 0.2) is 0 Å². The first kappa shape index (κ1) is 14.2. The van der Waals surface area contributed by atoms with Gasteiger partial charge in [-0.2, -0.15) is 0 Å². The molecule has 0 radical (unpaired) electrons. The van der Waals surface area contributed by atoms with Gasteiger partial charge in [0.1, 0.15) is 5.82 Å². The molecule has 0 amide bonds. The van der Waals surface area contributed by atoms with Gasteiger partial charge in [-0.1, -0.05) is 12.2 Å². The fraction of sp³-hybridized carbons (Fsp3) is 0.500. The van der Waals surface area contributed by atoms with Gasteiger partial charge in [0.25, 0.3) is 0 Å². The molecule has 0 aliphatic carbocycles. The van der Waals surface area contributed by atoms with Crippen LogP contribution >= 0.6 is 12.2 Å². The van der Waals surface area contributed by atoms with Crippen LogP contribution in [0.5, 0.6) is 0 Å². The zero-order valence-electron chi connectivity index (χ0n) is 11.0. The second-order valence-corrected chi connectivity index (χ2v) is 5.40. The Labute approximate surface area is 119 Å². The van der Waals surface area contributed by atoms with Crippen molar-refractivity contribution in [3.05, 3.63) is 30.1 Å². The lowest BCUT2D eigenvalue weighted by atomic mass is 10.2. The van der Waals surface area contributed by atoms with Gasteiger partial charge in [0.2, 0.25) is 0 Å². The van der Waals surface area contributed by atoms with E-state index >= 15 is 0 Å². The number of piperazine rings is 1. The highest BCUT2D eigenvalue weighted by atomic mass is 32.1. The maximum Gasteiger partial charge on any atom is 0.123 e. The van der Waals surface area contributed by atoms with E-state index in [4.69, 9.17) is 18.0 Å². The van der Waals surface area contributed by atoms with Crippen LogP contribution in [0.2, 0.25) is 0 Å². The molecule has 0 spiro atoms. The van der Waals surface area contributed by atoms with E-state index in [1.165, 1.54) is 12.1 Å². The van der Waals surface area contributed by atoms with Gasteiger partial charge >= 0.3 is 0 Å². The van der Waals surface area contributed by atoms with Crippen molar-refractivity contribution in [1.82, 2.24) is 4.90 Å². The molecular weight excluding hydrogens is 261 g/mol. The Bertz CT molecular complexity index is 413. The van der Waals surface area contributed by atoms with Crippen molar-refractivity contribution < 1.29 is 4.39 Å². The van der Waals surface area contributed by atoms with Crippen molar-refractivity contribution in [2.45, 2.75) is 12.8 Å². The lowest BCUT2D eigenvalue weighted by Crippen LogP contribution is -2.46. The van der Waals surface area contributed by atoms with Gasteiger partial charge in [-0.3, -0.25) is 4.90 Å². The Morgan fingerprint density at radius 3 is 2.37 bits per heavy atom. The summed E-state index contributed by atoms with van der Waals surface area (Å²) in [5.41, 5.74) is 6.59. The molecule has 104 valence electrons. The molecule has 0 unspecified atom stereocenters. The first-order valence-electron chi connectivity index (χ1n) is 6.66. The summed E-state index contributed by atoms with van der Waals surface area (Å²) in [6, 6.07) is 6.73. The number of thiocarbonyl (C=S) groups is 1. The van der Waals surface area contributed by atoms with Crippen molar-refractivity contribution in [2.24, 2.45) is 5.73 Å². The maximum atomic E-state index is 12.9. The molecule has 0 saturated carbocycles. The molecule has 1 aromatic rings. The van der Waals surface area contributed by atoms with E-state index in [-0.39, 0.29) is 5.82 Å². The minimum Gasteiger partial charge on any atom is -0.393 e. The van der Waals surface area contributed by atoms with Gasteiger partial charge in [0, 0.05) is 31.9 Å². The van der Waals surface area contributed by atoms with Crippen LogP contribution in [0.15, 0.2) is 24.3 Å². The highest BCUT2D eigenvalue weighted by Crippen LogP contribution is 2.16. The minimum absolute atomic E-state index is 0.180. The molecule has 1 saturated heterocycles. The van der Waals surface area contributed by atoms with E-state index in [0.29, 0.717) is 4.99 Å². The van der Waals surface area contributed by atoms with Crippen LogP contribution in [0.4, 0.5) is 10.1 Å². The third kappa shape index (κ3) is 4.44. The number of anilines is 1. The molecule has 1 aliphatic heterocycles. The fourth-order valence-electron chi connectivity index (χ4n) is 2.36. The standard InChI is InChI=1S/C14H20FN3S/c15-12-3-5-13(6-4-12)18-10-8-17(9-11-18)7-1-2-14(16)19/h3-6H,1-2,7-11H2,(H2,16,19).